The minimum absolute atomic E-state index is 0.175. The van der Waals surface area contributed by atoms with Gasteiger partial charge in [-0.3, -0.25) is 5.10 Å². The molecule has 0 fully saturated rings. The van der Waals surface area contributed by atoms with Crippen molar-refractivity contribution in [1.82, 2.24) is 14.8 Å². The van der Waals surface area contributed by atoms with Gasteiger partial charge >= 0.3 is 0 Å². The Hall–Kier alpha value is -2.40. The Morgan fingerprint density at radius 3 is 2.39 bits per heavy atom. The first-order valence-corrected chi connectivity index (χ1v) is 8.07. The summed E-state index contributed by atoms with van der Waals surface area (Å²) in [5, 5.41) is 7.09. The van der Waals surface area contributed by atoms with Gasteiger partial charge in [0, 0.05) is 6.54 Å². The number of benzene rings is 2. The standard InChI is InChI=1S/C18H19N3OS/c1-3-21-17(19-20-18(21)23)13(2)22-16-11-9-15(10-12-16)14-7-5-4-6-8-14/h4-13H,3H2,1-2H3,(H,20,23). The molecule has 0 spiro atoms. The van der Waals surface area contributed by atoms with Crippen molar-refractivity contribution in [2.24, 2.45) is 0 Å². The zero-order valence-corrected chi connectivity index (χ0v) is 14.0. The Bertz CT molecular complexity index is 821. The molecule has 1 heterocycles. The predicted molar refractivity (Wildman–Crippen MR) is 94.0 cm³/mol. The van der Waals surface area contributed by atoms with Crippen LogP contribution in [0, 0.1) is 4.77 Å². The predicted octanol–water partition coefficient (Wildman–Crippen LogP) is 4.77. The molecule has 0 saturated heterocycles. The fraction of sp³-hybridized carbons (Fsp3) is 0.222. The molecule has 0 amide bonds. The molecular weight excluding hydrogens is 306 g/mol. The van der Waals surface area contributed by atoms with E-state index >= 15 is 0 Å². The van der Waals surface area contributed by atoms with Crippen LogP contribution in [0.3, 0.4) is 0 Å². The Morgan fingerprint density at radius 2 is 1.74 bits per heavy atom. The van der Waals surface area contributed by atoms with Gasteiger partial charge in [-0.15, -0.1) is 0 Å². The number of H-pyrrole nitrogens is 1. The Balaban J connectivity index is 1.77. The molecule has 23 heavy (non-hydrogen) atoms. The van der Waals surface area contributed by atoms with E-state index in [1.165, 1.54) is 11.1 Å². The summed E-state index contributed by atoms with van der Waals surface area (Å²) in [7, 11) is 0. The topological polar surface area (TPSA) is 42.8 Å². The van der Waals surface area contributed by atoms with Crippen LogP contribution in [0.2, 0.25) is 0 Å². The Labute approximate surface area is 140 Å². The molecule has 0 aliphatic heterocycles. The van der Waals surface area contributed by atoms with E-state index in [0.717, 1.165) is 18.1 Å². The van der Waals surface area contributed by atoms with Crippen molar-refractivity contribution in [3.05, 3.63) is 65.2 Å². The lowest BCUT2D eigenvalue weighted by Gasteiger charge is -2.15. The minimum Gasteiger partial charge on any atom is -0.483 e. The van der Waals surface area contributed by atoms with Crippen LogP contribution in [0.25, 0.3) is 11.1 Å². The zero-order valence-electron chi connectivity index (χ0n) is 13.2. The molecule has 118 valence electrons. The first-order valence-electron chi connectivity index (χ1n) is 7.66. The maximum atomic E-state index is 6.00. The molecular formula is C18H19N3OS. The van der Waals surface area contributed by atoms with Gasteiger partial charge < -0.3 is 9.30 Å². The molecule has 0 aliphatic carbocycles. The molecule has 3 rings (SSSR count). The molecule has 0 radical (unpaired) electrons. The highest BCUT2D eigenvalue weighted by Crippen LogP contribution is 2.25. The average Bonchev–Trinajstić information content (AvgIpc) is 2.97. The van der Waals surface area contributed by atoms with Crippen LogP contribution in [0.1, 0.15) is 25.8 Å². The van der Waals surface area contributed by atoms with Crippen LogP contribution in [0.15, 0.2) is 54.6 Å². The van der Waals surface area contributed by atoms with E-state index in [1.54, 1.807) is 0 Å². The van der Waals surface area contributed by atoms with E-state index in [0.29, 0.717) is 4.77 Å². The maximum absolute atomic E-state index is 6.00. The molecule has 0 bridgehead atoms. The highest BCUT2D eigenvalue weighted by molar-refractivity contribution is 7.71. The number of aromatic amines is 1. The van der Waals surface area contributed by atoms with Gasteiger partial charge in [0.1, 0.15) is 5.75 Å². The van der Waals surface area contributed by atoms with Gasteiger partial charge in [0.2, 0.25) is 0 Å². The molecule has 1 unspecified atom stereocenters. The molecule has 0 saturated carbocycles. The molecule has 2 aromatic carbocycles. The van der Waals surface area contributed by atoms with Gasteiger partial charge in [-0.25, -0.2) is 0 Å². The van der Waals surface area contributed by atoms with Crippen molar-refractivity contribution >= 4 is 12.2 Å². The fourth-order valence-corrected chi connectivity index (χ4v) is 2.83. The van der Waals surface area contributed by atoms with Crippen molar-refractivity contribution in [3.8, 4) is 16.9 Å². The Kier molecular flexibility index (Phi) is 4.57. The number of nitrogens with one attached hydrogen (secondary N) is 1. The van der Waals surface area contributed by atoms with E-state index in [4.69, 9.17) is 17.0 Å². The SMILES string of the molecule is CCn1c(C(C)Oc2ccc(-c3ccccc3)cc2)n[nH]c1=S. The lowest BCUT2D eigenvalue weighted by Crippen LogP contribution is -2.11. The third kappa shape index (κ3) is 3.35. The minimum atomic E-state index is -0.175. The summed E-state index contributed by atoms with van der Waals surface area (Å²) in [6, 6.07) is 18.4. The fourth-order valence-electron chi connectivity index (χ4n) is 2.56. The van der Waals surface area contributed by atoms with Crippen LogP contribution in [-0.4, -0.2) is 14.8 Å². The molecule has 3 aromatic rings. The first-order chi connectivity index (χ1) is 11.2. The van der Waals surface area contributed by atoms with Crippen LogP contribution in [-0.2, 0) is 6.54 Å². The molecule has 1 aromatic heterocycles. The van der Waals surface area contributed by atoms with Crippen molar-refractivity contribution in [1.29, 1.82) is 0 Å². The highest BCUT2D eigenvalue weighted by atomic mass is 32.1. The summed E-state index contributed by atoms with van der Waals surface area (Å²) in [6.07, 6.45) is -0.175. The van der Waals surface area contributed by atoms with Gasteiger partial charge in [0.05, 0.1) is 0 Å². The molecule has 5 heteroatoms. The highest BCUT2D eigenvalue weighted by Gasteiger charge is 2.15. The van der Waals surface area contributed by atoms with Crippen molar-refractivity contribution in [2.45, 2.75) is 26.5 Å². The molecule has 1 N–H and O–H groups in total. The normalized spacial score (nSPS) is 12.1. The lowest BCUT2D eigenvalue weighted by atomic mass is 10.1. The number of ether oxygens (including phenoxy) is 1. The monoisotopic (exact) mass is 325 g/mol. The largest absolute Gasteiger partial charge is 0.483 e. The summed E-state index contributed by atoms with van der Waals surface area (Å²) in [5.41, 5.74) is 2.36. The van der Waals surface area contributed by atoms with Gasteiger partial charge in [-0.1, -0.05) is 42.5 Å². The second-order valence-electron chi connectivity index (χ2n) is 5.28. The van der Waals surface area contributed by atoms with E-state index in [1.807, 2.05) is 48.7 Å². The number of aromatic nitrogens is 3. The second-order valence-corrected chi connectivity index (χ2v) is 5.67. The van der Waals surface area contributed by atoms with Crippen LogP contribution < -0.4 is 4.74 Å². The number of hydrogen-bond donors (Lipinski definition) is 1. The van der Waals surface area contributed by atoms with Gasteiger partial charge in [0.25, 0.3) is 0 Å². The Morgan fingerprint density at radius 1 is 1.09 bits per heavy atom. The van der Waals surface area contributed by atoms with E-state index in [9.17, 15) is 0 Å². The summed E-state index contributed by atoms with van der Waals surface area (Å²) in [4.78, 5) is 0. The summed E-state index contributed by atoms with van der Waals surface area (Å²) in [5.74, 6) is 1.62. The maximum Gasteiger partial charge on any atom is 0.195 e. The lowest BCUT2D eigenvalue weighted by molar-refractivity contribution is 0.210. The van der Waals surface area contributed by atoms with E-state index < -0.39 is 0 Å². The molecule has 1 atom stereocenters. The molecule has 0 aliphatic rings. The number of hydrogen-bond acceptors (Lipinski definition) is 3. The number of nitrogens with zero attached hydrogens (tertiary/aromatic N) is 2. The first kappa shape index (κ1) is 15.5. The van der Waals surface area contributed by atoms with E-state index in [-0.39, 0.29) is 6.10 Å². The second kappa shape index (κ2) is 6.79. The van der Waals surface area contributed by atoms with Crippen LogP contribution in [0.5, 0.6) is 5.75 Å². The van der Waals surface area contributed by atoms with Gasteiger partial charge in [-0.2, -0.15) is 5.10 Å². The average molecular weight is 325 g/mol. The number of rotatable bonds is 5. The quantitative estimate of drug-likeness (QED) is 0.687. The van der Waals surface area contributed by atoms with Crippen LogP contribution >= 0.6 is 12.2 Å². The third-order valence-electron chi connectivity index (χ3n) is 3.74. The third-order valence-corrected chi connectivity index (χ3v) is 4.05. The van der Waals surface area contributed by atoms with Crippen LogP contribution in [0.4, 0.5) is 0 Å². The van der Waals surface area contributed by atoms with Crippen molar-refractivity contribution in [2.75, 3.05) is 0 Å². The van der Waals surface area contributed by atoms with Gasteiger partial charge in [-0.05, 0) is 49.3 Å². The summed E-state index contributed by atoms with van der Waals surface area (Å²) >= 11 is 5.22. The summed E-state index contributed by atoms with van der Waals surface area (Å²) in [6.45, 7) is 4.78. The van der Waals surface area contributed by atoms with Gasteiger partial charge in [0.15, 0.2) is 16.7 Å². The molecule has 4 nitrogen and oxygen atoms in total. The van der Waals surface area contributed by atoms with Crippen molar-refractivity contribution in [3.63, 3.8) is 0 Å². The van der Waals surface area contributed by atoms with Crippen molar-refractivity contribution < 1.29 is 4.74 Å². The summed E-state index contributed by atoms with van der Waals surface area (Å²) < 4.78 is 8.56. The smallest absolute Gasteiger partial charge is 0.195 e. The zero-order chi connectivity index (χ0) is 16.2. The van der Waals surface area contributed by atoms with E-state index in [2.05, 4.69) is 34.5 Å².